The zero-order valence-electron chi connectivity index (χ0n) is 9.82. The summed E-state index contributed by atoms with van der Waals surface area (Å²) in [6.45, 7) is 0.681. The van der Waals surface area contributed by atoms with Crippen molar-refractivity contribution in [1.82, 2.24) is 9.55 Å². The van der Waals surface area contributed by atoms with Crippen molar-refractivity contribution in [2.75, 3.05) is 11.9 Å². The number of H-pyrrole nitrogens is 1. The van der Waals surface area contributed by atoms with Gasteiger partial charge in [0.05, 0.1) is 6.20 Å². The summed E-state index contributed by atoms with van der Waals surface area (Å²) in [5.41, 5.74) is -0.740. The summed E-state index contributed by atoms with van der Waals surface area (Å²) in [6.07, 6.45) is 0.907. The Balaban J connectivity index is 2.02. The molecule has 0 fully saturated rings. The highest BCUT2D eigenvalue weighted by Gasteiger charge is 2.03. The summed E-state index contributed by atoms with van der Waals surface area (Å²) >= 11 is 3.34. The molecule has 0 saturated carbocycles. The number of aromatic amines is 1. The molecule has 0 radical (unpaired) electrons. The second-order valence-corrected chi connectivity index (χ2v) is 4.78. The lowest BCUT2D eigenvalue weighted by molar-refractivity contribution is 0.556. The summed E-state index contributed by atoms with van der Waals surface area (Å²) in [5, 5.41) is 3.09. The van der Waals surface area contributed by atoms with Crippen LogP contribution >= 0.6 is 15.9 Å². The Morgan fingerprint density at radius 2 is 2.16 bits per heavy atom. The number of aromatic nitrogens is 2. The van der Waals surface area contributed by atoms with E-state index in [0.717, 1.165) is 20.9 Å². The molecule has 1 heterocycles. The highest BCUT2D eigenvalue weighted by atomic mass is 79.9. The summed E-state index contributed by atoms with van der Waals surface area (Å²) in [5.74, 6) is -0.970. The lowest BCUT2D eigenvalue weighted by atomic mass is 10.3. The Morgan fingerprint density at radius 3 is 2.89 bits per heavy atom. The fourth-order valence-corrected chi connectivity index (χ4v) is 1.97. The van der Waals surface area contributed by atoms with Crippen LogP contribution < -0.4 is 16.6 Å². The van der Waals surface area contributed by atoms with Crippen molar-refractivity contribution >= 4 is 21.6 Å². The van der Waals surface area contributed by atoms with Gasteiger partial charge in [-0.2, -0.15) is 4.39 Å². The third-order valence-corrected chi connectivity index (χ3v) is 2.97. The van der Waals surface area contributed by atoms with Crippen molar-refractivity contribution in [3.63, 3.8) is 0 Å². The van der Waals surface area contributed by atoms with Crippen LogP contribution in [0.1, 0.15) is 0 Å². The summed E-state index contributed by atoms with van der Waals surface area (Å²) in [7, 11) is 0. The maximum absolute atomic E-state index is 13.0. The van der Waals surface area contributed by atoms with E-state index < -0.39 is 17.1 Å². The Labute approximate surface area is 116 Å². The first-order chi connectivity index (χ1) is 9.06. The zero-order chi connectivity index (χ0) is 13.8. The average molecular weight is 328 g/mol. The number of nitrogens with one attached hydrogen (secondary N) is 2. The van der Waals surface area contributed by atoms with Crippen molar-refractivity contribution < 1.29 is 4.39 Å². The number of benzene rings is 1. The molecule has 0 spiro atoms. The maximum atomic E-state index is 13.0. The van der Waals surface area contributed by atoms with Crippen molar-refractivity contribution in [2.24, 2.45) is 0 Å². The Bertz CT molecular complexity index is 696. The molecule has 1 aromatic carbocycles. The molecule has 2 aromatic rings. The molecule has 0 amide bonds. The molecule has 2 rings (SSSR count). The van der Waals surface area contributed by atoms with Gasteiger partial charge in [0.1, 0.15) is 0 Å². The van der Waals surface area contributed by atoms with E-state index in [2.05, 4.69) is 21.2 Å². The summed E-state index contributed by atoms with van der Waals surface area (Å²) in [6, 6.07) is 7.53. The second kappa shape index (κ2) is 5.83. The normalized spacial score (nSPS) is 10.4. The standard InChI is InChI=1S/C12H11BrFN3O2/c13-8-2-1-3-9(6-8)15-4-5-17-7-10(14)11(18)16-12(17)19/h1-3,6-7,15H,4-5H2,(H,16,18,19). The topological polar surface area (TPSA) is 66.9 Å². The van der Waals surface area contributed by atoms with Crippen molar-refractivity contribution in [3.8, 4) is 0 Å². The Kier molecular flexibility index (Phi) is 4.16. The van der Waals surface area contributed by atoms with E-state index in [0.29, 0.717) is 6.54 Å². The van der Waals surface area contributed by atoms with Gasteiger partial charge in [-0.05, 0) is 18.2 Å². The number of rotatable bonds is 4. The lowest BCUT2D eigenvalue weighted by Crippen LogP contribution is -2.32. The maximum Gasteiger partial charge on any atom is 0.328 e. The largest absolute Gasteiger partial charge is 0.383 e. The van der Waals surface area contributed by atoms with Gasteiger partial charge in [0, 0.05) is 23.2 Å². The Morgan fingerprint density at radius 1 is 1.37 bits per heavy atom. The zero-order valence-corrected chi connectivity index (χ0v) is 11.4. The molecule has 0 saturated heterocycles. The average Bonchev–Trinajstić information content (AvgIpc) is 2.35. The third-order valence-electron chi connectivity index (χ3n) is 2.47. The smallest absolute Gasteiger partial charge is 0.328 e. The molecule has 0 unspecified atom stereocenters. The second-order valence-electron chi connectivity index (χ2n) is 3.87. The van der Waals surface area contributed by atoms with Crippen LogP contribution in [0.3, 0.4) is 0 Å². The van der Waals surface area contributed by atoms with Gasteiger partial charge >= 0.3 is 5.69 Å². The van der Waals surface area contributed by atoms with Crippen molar-refractivity contribution in [1.29, 1.82) is 0 Å². The number of halogens is 2. The minimum Gasteiger partial charge on any atom is -0.383 e. The van der Waals surface area contributed by atoms with Crippen LogP contribution in [0.2, 0.25) is 0 Å². The van der Waals surface area contributed by atoms with Gasteiger partial charge in [0.25, 0.3) is 5.56 Å². The van der Waals surface area contributed by atoms with E-state index in [9.17, 15) is 14.0 Å². The highest BCUT2D eigenvalue weighted by molar-refractivity contribution is 9.10. The van der Waals surface area contributed by atoms with Gasteiger partial charge in [-0.1, -0.05) is 22.0 Å². The van der Waals surface area contributed by atoms with Gasteiger partial charge in [-0.25, -0.2) is 4.79 Å². The summed E-state index contributed by atoms with van der Waals surface area (Å²) in [4.78, 5) is 24.2. The molecule has 1 aromatic heterocycles. The highest BCUT2D eigenvalue weighted by Crippen LogP contribution is 2.15. The fraction of sp³-hybridized carbons (Fsp3) is 0.167. The van der Waals surface area contributed by atoms with Crippen LogP contribution in [0.5, 0.6) is 0 Å². The number of anilines is 1. The molecule has 0 aliphatic carbocycles. The molecule has 7 heteroatoms. The number of nitrogens with zero attached hydrogens (tertiary/aromatic N) is 1. The van der Waals surface area contributed by atoms with E-state index in [1.54, 1.807) is 0 Å². The summed E-state index contributed by atoms with van der Waals surface area (Å²) < 4.78 is 15.1. The van der Waals surface area contributed by atoms with E-state index >= 15 is 0 Å². The van der Waals surface area contributed by atoms with E-state index in [1.165, 1.54) is 0 Å². The van der Waals surface area contributed by atoms with E-state index in [-0.39, 0.29) is 6.54 Å². The van der Waals surface area contributed by atoms with Gasteiger partial charge in [-0.15, -0.1) is 0 Å². The fourth-order valence-electron chi connectivity index (χ4n) is 1.57. The first-order valence-corrected chi connectivity index (χ1v) is 6.34. The minimum absolute atomic E-state index is 0.249. The SMILES string of the molecule is O=c1[nH]c(=O)n(CCNc2cccc(Br)c2)cc1F. The minimum atomic E-state index is -0.999. The van der Waals surface area contributed by atoms with Crippen molar-refractivity contribution in [3.05, 3.63) is 61.6 Å². The predicted octanol–water partition coefficient (Wildman–Crippen LogP) is 1.55. The molecule has 2 N–H and O–H groups in total. The molecular formula is C12H11BrFN3O2. The molecule has 0 atom stereocenters. The first-order valence-electron chi connectivity index (χ1n) is 5.55. The van der Waals surface area contributed by atoms with Crippen LogP contribution in [-0.2, 0) is 6.54 Å². The van der Waals surface area contributed by atoms with E-state index in [4.69, 9.17) is 0 Å². The Hall–Kier alpha value is -1.89. The van der Waals surface area contributed by atoms with Gasteiger partial charge in [0.15, 0.2) is 0 Å². The van der Waals surface area contributed by atoms with Crippen molar-refractivity contribution in [2.45, 2.75) is 6.54 Å². The van der Waals surface area contributed by atoms with E-state index in [1.807, 2.05) is 29.2 Å². The molecule has 0 bridgehead atoms. The molecule has 5 nitrogen and oxygen atoms in total. The van der Waals surface area contributed by atoms with Crippen LogP contribution in [0.15, 0.2) is 44.5 Å². The molecule has 0 aliphatic rings. The molecule has 100 valence electrons. The van der Waals surface area contributed by atoms with Crippen LogP contribution in [0.25, 0.3) is 0 Å². The van der Waals surface area contributed by atoms with Gasteiger partial charge in [0.2, 0.25) is 5.82 Å². The molecule has 0 aliphatic heterocycles. The molecular weight excluding hydrogens is 317 g/mol. The van der Waals surface area contributed by atoms with Crippen LogP contribution in [0, 0.1) is 5.82 Å². The van der Waals surface area contributed by atoms with Crippen LogP contribution in [-0.4, -0.2) is 16.1 Å². The van der Waals surface area contributed by atoms with Gasteiger partial charge in [-0.3, -0.25) is 14.3 Å². The number of hydrogen-bond donors (Lipinski definition) is 2. The number of hydrogen-bond acceptors (Lipinski definition) is 3. The van der Waals surface area contributed by atoms with Gasteiger partial charge < -0.3 is 5.32 Å². The monoisotopic (exact) mass is 327 g/mol. The first kappa shape index (κ1) is 13.5. The quantitative estimate of drug-likeness (QED) is 0.895. The van der Waals surface area contributed by atoms with Crippen LogP contribution in [0.4, 0.5) is 10.1 Å². The predicted molar refractivity (Wildman–Crippen MR) is 73.9 cm³/mol. The third kappa shape index (κ3) is 3.54. The lowest BCUT2D eigenvalue weighted by Gasteiger charge is -2.08. The molecule has 19 heavy (non-hydrogen) atoms.